The number of rotatable bonds is 8. The van der Waals surface area contributed by atoms with Crippen LogP contribution in [0, 0.1) is 5.92 Å². The first kappa shape index (κ1) is 15.3. The van der Waals surface area contributed by atoms with E-state index < -0.39 is 5.97 Å². The molecule has 1 amide bonds. The molecule has 0 bridgehead atoms. The molecule has 0 saturated heterocycles. The maximum Gasteiger partial charge on any atom is 0.323 e. The van der Waals surface area contributed by atoms with E-state index in [2.05, 4.69) is 13.8 Å². The van der Waals surface area contributed by atoms with Crippen LogP contribution in [0.5, 0.6) is 0 Å². The third kappa shape index (κ3) is 7.56. The number of carbonyl (C=O) groups is 2. The molecule has 1 N–H and O–H groups in total. The van der Waals surface area contributed by atoms with Gasteiger partial charge in [-0.1, -0.05) is 20.8 Å². The molecule has 0 aromatic carbocycles. The first-order valence-corrected chi connectivity index (χ1v) is 6.70. The van der Waals surface area contributed by atoms with Crippen LogP contribution in [0.3, 0.4) is 0 Å². The molecule has 0 saturated carbocycles. The Kier molecular flexibility index (Phi) is 8.07. The Morgan fingerprint density at radius 1 is 1.38 bits per heavy atom. The Morgan fingerprint density at radius 2 is 2.00 bits per heavy atom. The number of hydrogen-bond acceptors (Lipinski definition) is 3. The van der Waals surface area contributed by atoms with Crippen LogP contribution >= 0.6 is 11.8 Å². The fourth-order valence-electron chi connectivity index (χ4n) is 1.20. The van der Waals surface area contributed by atoms with Gasteiger partial charge in [-0.15, -0.1) is 0 Å². The number of carboxylic acid groups (broad SMARTS) is 1. The highest BCUT2D eigenvalue weighted by molar-refractivity contribution is 7.99. The SMILES string of the molecule is CCCN(CC(=O)O)C(=O)CSCC(C)C. The molecule has 94 valence electrons. The van der Waals surface area contributed by atoms with Gasteiger partial charge in [0.05, 0.1) is 5.75 Å². The van der Waals surface area contributed by atoms with Crippen LogP contribution in [0.25, 0.3) is 0 Å². The lowest BCUT2D eigenvalue weighted by Crippen LogP contribution is -2.37. The summed E-state index contributed by atoms with van der Waals surface area (Å²) in [4.78, 5) is 23.7. The third-order valence-electron chi connectivity index (χ3n) is 1.85. The van der Waals surface area contributed by atoms with E-state index in [0.717, 1.165) is 12.2 Å². The molecule has 0 heterocycles. The van der Waals surface area contributed by atoms with E-state index in [1.165, 1.54) is 4.90 Å². The lowest BCUT2D eigenvalue weighted by molar-refractivity contribution is -0.143. The third-order valence-corrected chi connectivity index (χ3v) is 3.20. The van der Waals surface area contributed by atoms with E-state index in [9.17, 15) is 9.59 Å². The highest BCUT2D eigenvalue weighted by atomic mass is 32.2. The largest absolute Gasteiger partial charge is 0.480 e. The zero-order valence-corrected chi connectivity index (χ0v) is 11.0. The fourth-order valence-corrected chi connectivity index (χ4v) is 2.14. The Bertz CT molecular complexity index is 231. The topological polar surface area (TPSA) is 57.6 Å². The van der Waals surface area contributed by atoms with Crippen molar-refractivity contribution >= 4 is 23.6 Å². The molecule has 0 aliphatic carbocycles. The van der Waals surface area contributed by atoms with E-state index in [0.29, 0.717) is 18.2 Å². The second kappa shape index (κ2) is 8.44. The molecule has 0 aliphatic heterocycles. The van der Waals surface area contributed by atoms with Gasteiger partial charge in [-0.05, 0) is 18.1 Å². The van der Waals surface area contributed by atoms with Crippen LogP contribution in [0.1, 0.15) is 27.2 Å². The summed E-state index contributed by atoms with van der Waals surface area (Å²) >= 11 is 1.57. The van der Waals surface area contributed by atoms with Crippen molar-refractivity contribution in [1.29, 1.82) is 0 Å². The number of thioether (sulfide) groups is 1. The van der Waals surface area contributed by atoms with Crippen LogP contribution in [-0.2, 0) is 9.59 Å². The molecule has 16 heavy (non-hydrogen) atoms. The average Bonchev–Trinajstić information content (AvgIpc) is 2.15. The van der Waals surface area contributed by atoms with Crippen LogP contribution in [-0.4, -0.2) is 46.5 Å². The molecule has 0 aliphatic rings. The molecule has 4 nitrogen and oxygen atoms in total. The normalized spacial score (nSPS) is 10.5. The zero-order valence-electron chi connectivity index (χ0n) is 10.2. The highest BCUT2D eigenvalue weighted by Gasteiger charge is 2.15. The summed E-state index contributed by atoms with van der Waals surface area (Å²) in [6.07, 6.45) is 0.786. The molecule has 0 fully saturated rings. The van der Waals surface area contributed by atoms with Gasteiger partial charge in [-0.25, -0.2) is 0 Å². The van der Waals surface area contributed by atoms with Gasteiger partial charge in [0.1, 0.15) is 6.54 Å². The van der Waals surface area contributed by atoms with Crippen molar-refractivity contribution in [2.45, 2.75) is 27.2 Å². The van der Waals surface area contributed by atoms with Crippen LogP contribution in [0.15, 0.2) is 0 Å². The van der Waals surface area contributed by atoms with E-state index in [1.807, 2.05) is 6.92 Å². The number of nitrogens with zero attached hydrogens (tertiary/aromatic N) is 1. The van der Waals surface area contributed by atoms with Gasteiger partial charge in [0.15, 0.2) is 0 Å². The van der Waals surface area contributed by atoms with E-state index in [4.69, 9.17) is 5.11 Å². The maximum absolute atomic E-state index is 11.7. The van der Waals surface area contributed by atoms with Crippen molar-refractivity contribution in [2.24, 2.45) is 5.92 Å². The summed E-state index contributed by atoms with van der Waals surface area (Å²) in [5.74, 6) is 0.840. The van der Waals surface area contributed by atoms with Gasteiger partial charge in [-0.3, -0.25) is 9.59 Å². The monoisotopic (exact) mass is 247 g/mol. The van der Waals surface area contributed by atoms with Gasteiger partial charge in [0.25, 0.3) is 0 Å². The number of carboxylic acids is 1. The minimum absolute atomic E-state index is 0.0742. The molecule has 0 radical (unpaired) electrons. The van der Waals surface area contributed by atoms with Crippen molar-refractivity contribution in [2.75, 3.05) is 24.6 Å². The summed E-state index contributed by atoms with van der Waals surface area (Å²) in [6.45, 7) is 6.46. The minimum atomic E-state index is -0.948. The minimum Gasteiger partial charge on any atom is -0.480 e. The smallest absolute Gasteiger partial charge is 0.323 e. The molecule has 0 rings (SSSR count). The standard InChI is InChI=1S/C11H21NO3S/c1-4-5-12(6-11(14)15)10(13)8-16-7-9(2)3/h9H,4-8H2,1-3H3,(H,14,15). The Labute approximate surface area is 101 Å². The molecule has 0 atom stereocenters. The number of aliphatic carboxylic acids is 1. The second-order valence-electron chi connectivity index (χ2n) is 4.12. The van der Waals surface area contributed by atoms with Crippen LogP contribution < -0.4 is 0 Å². The van der Waals surface area contributed by atoms with E-state index in [1.54, 1.807) is 11.8 Å². The summed E-state index contributed by atoms with van der Waals surface area (Å²) < 4.78 is 0. The lowest BCUT2D eigenvalue weighted by atomic mass is 10.3. The second-order valence-corrected chi connectivity index (χ2v) is 5.15. The van der Waals surface area contributed by atoms with Crippen LogP contribution in [0.2, 0.25) is 0 Å². The lowest BCUT2D eigenvalue weighted by Gasteiger charge is -2.19. The molecule has 0 spiro atoms. The van der Waals surface area contributed by atoms with Crippen LogP contribution in [0.4, 0.5) is 0 Å². The van der Waals surface area contributed by atoms with Gasteiger partial charge < -0.3 is 10.0 Å². The van der Waals surface area contributed by atoms with Crippen molar-refractivity contribution in [3.63, 3.8) is 0 Å². The molecule has 0 aromatic rings. The van der Waals surface area contributed by atoms with Gasteiger partial charge in [0.2, 0.25) is 5.91 Å². The Hall–Kier alpha value is -0.710. The summed E-state index contributed by atoms with van der Waals surface area (Å²) in [6, 6.07) is 0. The fraction of sp³-hybridized carbons (Fsp3) is 0.818. The molecule has 5 heteroatoms. The Balaban J connectivity index is 4.01. The predicted molar refractivity (Wildman–Crippen MR) is 66.7 cm³/mol. The van der Waals surface area contributed by atoms with Crippen molar-refractivity contribution in [3.05, 3.63) is 0 Å². The quantitative estimate of drug-likeness (QED) is 0.709. The van der Waals surface area contributed by atoms with Gasteiger partial charge in [-0.2, -0.15) is 11.8 Å². The average molecular weight is 247 g/mol. The van der Waals surface area contributed by atoms with Crippen molar-refractivity contribution in [3.8, 4) is 0 Å². The first-order valence-electron chi connectivity index (χ1n) is 5.54. The van der Waals surface area contributed by atoms with Crippen molar-refractivity contribution in [1.82, 2.24) is 4.90 Å². The van der Waals surface area contributed by atoms with Crippen molar-refractivity contribution < 1.29 is 14.7 Å². The molecular weight excluding hydrogens is 226 g/mol. The summed E-state index contributed by atoms with van der Waals surface area (Å²) in [5.41, 5.74) is 0. The molecule has 0 aromatic heterocycles. The summed E-state index contributed by atoms with van der Waals surface area (Å²) in [5, 5.41) is 8.67. The van der Waals surface area contributed by atoms with Gasteiger partial charge >= 0.3 is 5.97 Å². The highest BCUT2D eigenvalue weighted by Crippen LogP contribution is 2.08. The summed E-state index contributed by atoms with van der Waals surface area (Å²) in [7, 11) is 0. The molecular formula is C11H21NO3S. The van der Waals surface area contributed by atoms with Gasteiger partial charge in [0, 0.05) is 6.54 Å². The maximum atomic E-state index is 11.7. The Morgan fingerprint density at radius 3 is 2.44 bits per heavy atom. The predicted octanol–water partition coefficient (Wildman–Crippen LogP) is 1.70. The number of hydrogen-bond donors (Lipinski definition) is 1. The first-order chi connectivity index (χ1) is 7.47. The number of carbonyl (C=O) groups excluding carboxylic acids is 1. The van der Waals surface area contributed by atoms with E-state index in [-0.39, 0.29) is 12.5 Å². The zero-order chi connectivity index (χ0) is 12.6. The number of amides is 1. The van der Waals surface area contributed by atoms with E-state index >= 15 is 0 Å². The molecule has 0 unspecified atom stereocenters.